The molecule has 1 aromatic heterocycles. The second-order valence-corrected chi connectivity index (χ2v) is 7.35. The number of carbonyl (C=O) groups is 1. The maximum atomic E-state index is 12.0. The summed E-state index contributed by atoms with van der Waals surface area (Å²) < 4.78 is 10.5. The molecule has 1 atom stereocenters. The third-order valence-corrected chi connectivity index (χ3v) is 5.62. The van der Waals surface area contributed by atoms with Crippen molar-refractivity contribution in [2.24, 2.45) is 5.41 Å². The highest BCUT2D eigenvalue weighted by Gasteiger charge is 2.45. The van der Waals surface area contributed by atoms with Crippen LogP contribution in [0.3, 0.4) is 0 Å². The van der Waals surface area contributed by atoms with Crippen molar-refractivity contribution >= 4 is 5.91 Å². The van der Waals surface area contributed by atoms with E-state index in [0.717, 1.165) is 57.7 Å². The average Bonchev–Trinajstić information content (AvgIpc) is 2.94. The van der Waals surface area contributed by atoms with Crippen LogP contribution in [0.25, 0.3) is 0 Å². The Morgan fingerprint density at radius 3 is 2.72 bits per heavy atom. The van der Waals surface area contributed by atoms with E-state index < -0.39 is 0 Å². The standard InChI is InChI=1S/C19H29N3O3/c1-24-13-17-11-19(6-9-21(10-7-19)18(23)14-25-2)15-22(17)12-16-5-3-4-8-20-16/h3-5,8,17H,6-7,9-15H2,1-2H3. The van der Waals surface area contributed by atoms with E-state index in [9.17, 15) is 4.79 Å². The van der Waals surface area contributed by atoms with E-state index in [1.165, 1.54) is 0 Å². The van der Waals surface area contributed by atoms with Crippen LogP contribution in [-0.2, 0) is 20.8 Å². The lowest BCUT2D eigenvalue weighted by molar-refractivity contribution is -0.137. The van der Waals surface area contributed by atoms with Gasteiger partial charge in [-0.3, -0.25) is 14.7 Å². The van der Waals surface area contributed by atoms with E-state index in [1.807, 2.05) is 23.2 Å². The summed E-state index contributed by atoms with van der Waals surface area (Å²) in [6, 6.07) is 6.50. The Labute approximate surface area is 150 Å². The van der Waals surface area contributed by atoms with Crippen LogP contribution in [0, 0.1) is 5.41 Å². The van der Waals surface area contributed by atoms with Gasteiger partial charge in [0.05, 0.1) is 12.3 Å². The number of likely N-dealkylation sites (tertiary alicyclic amines) is 2. The van der Waals surface area contributed by atoms with E-state index in [1.54, 1.807) is 14.2 Å². The predicted octanol–water partition coefficient (Wildman–Crippen LogP) is 1.56. The summed E-state index contributed by atoms with van der Waals surface area (Å²) in [5.41, 5.74) is 1.40. The first-order valence-electron chi connectivity index (χ1n) is 9.05. The van der Waals surface area contributed by atoms with Crippen LogP contribution in [0.15, 0.2) is 24.4 Å². The number of hydrogen-bond acceptors (Lipinski definition) is 5. The van der Waals surface area contributed by atoms with Gasteiger partial charge >= 0.3 is 0 Å². The van der Waals surface area contributed by atoms with Crippen LogP contribution in [0.5, 0.6) is 0 Å². The molecular weight excluding hydrogens is 318 g/mol. The first-order chi connectivity index (χ1) is 12.2. The fraction of sp³-hybridized carbons (Fsp3) is 0.684. The molecule has 3 heterocycles. The maximum absolute atomic E-state index is 12.0. The molecule has 2 fully saturated rings. The molecule has 0 aromatic carbocycles. The smallest absolute Gasteiger partial charge is 0.248 e. The molecule has 1 aromatic rings. The molecule has 0 bridgehead atoms. The molecule has 2 aliphatic heterocycles. The Bertz CT molecular complexity index is 558. The van der Waals surface area contributed by atoms with E-state index in [-0.39, 0.29) is 12.5 Å². The fourth-order valence-corrected chi connectivity index (χ4v) is 4.30. The Morgan fingerprint density at radius 2 is 2.08 bits per heavy atom. The molecule has 1 amide bonds. The molecule has 6 nitrogen and oxygen atoms in total. The van der Waals surface area contributed by atoms with Gasteiger partial charge in [0, 0.05) is 52.6 Å². The summed E-state index contributed by atoms with van der Waals surface area (Å²) in [5, 5.41) is 0. The largest absolute Gasteiger partial charge is 0.383 e. The van der Waals surface area contributed by atoms with Gasteiger partial charge in [-0.15, -0.1) is 0 Å². The van der Waals surface area contributed by atoms with Gasteiger partial charge in [0.15, 0.2) is 0 Å². The zero-order valence-electron chi connectivity index (χ0n) is 15.3. The number of amides is 1. The molecule has 0 N–H and O–H groups in total. The molecule has 0 saturated carbocycles. The lowest BCUT2D eigenvalue weighted by Crippen LogP contribution is -2.45. The van der Waals surface area contributed by atoms with Crippen molar-refractivity contribution in [3.05, 3.63) is 30.1 Å². The van der Waals surface area contributed by atoms with Crippen LogP contribution in [0.1, 0.15) is 25.0 Å². The number of rotatable bonds is 6. The van der Waals surface area contributed by atoms with Crippen molar-refractivity contribution in [2.45, 2.75) is 31.8 Å². The Morgan fingerprint density at radius 1 is 1.28 bits per heavy atom. The van der Waals surface area contributed by atoms with Gasteiger partial charge in [-0.25, -0.2) is 0 Å². The first-order valence-corrected chi connectivity index (χ1v) is 9.05. The lowest BCUT2D eigenvalue weighted by atomic mass is 9.76. The van der Waals surface area contributed by atoms with Crippen LogP contribution >= 0.6 is 0 Å². The first kappa shape index (κ1) is 18.3. The number of hydrogen-bond donors (Lipinski definition) is 0. The van der Waals surface area contributed by atoms with Gasteiger partial charge in [0.1, 0.15) is 6.61 Å². The maximum Gasteiger partial charge on any atom is 0.248 e. The fourth-order valence-electron chi connectivity index (χ4n) is 4.30. The van der Waals surface area contributed by atoms with Gasteiger partial charge in [-0.2, -0.15) is 0 Å². The van der Waals surface area contributed by atoms with Crippen LogP contribution < -0.4 is 0 Å². The Balaban J connectivity index is 1.63. The molecule has 138 valence electrons. The van der Waals surface area contributed by atoms with Crippen molar-refractivity contribution in [3.63, 3.8) is 0 Å². The van der Waals surface area contributed by atoms with Crippen molar-refractivity contribution in [1.82, 2.24) is 14.8 Å². The van der Waals surface area contributed by atoms with Crippen molar-refractivity contribution in [2.75, 3.05) is 47.1 Å². The zero-order valence-corrected chi connectivity index (χ0v) is 15.3. The van der Waals surface area contributed by atoms with Crippen LogP contribution in [0.4, 0.5) is 0 Å². The number of pyridine rings is 1. The molecule has 2 aliphatic rings. The molecule has 25 heavy (non-hydrogen) atoms. The van der Waals surface area contributed by atoms with Crippen molar-refractivity contribution in [3.8, 4) is 0 Å². The molecule has 1 unspecified atom stereocenters. The normalized spacial score (nSPS) is 23.3. The third kappa shape index (κ3) is 4.37. The number of carbonyl (C=O) groups excluding carboxylic acids is 1. The van der Waals surface area contributed by atoms with E-state index >= 15 is 0 Å². The van der Waals surface area contributed by atoms with Crippen LogP contribution in [0.2, 0.25) is 0 Å². The molecule has 1 spiro atoms. The van der Waals surface area contributed by atoms with E-state index in [0.29, 0.717) is 11.5 Å². The summed E-state index contributed by atoms with van der Waals surface area (Å²) in [5.74, 6) is 0.106. The van der Waals surface area contributed by atoms with Crippen molar-refractivity contribution in [1.29, 1.82) is 0 Å². The third-order valence-electron chi connectivity index (χ3n) is 5.62. The molecule has 3 rings (SSSR count). The number of methoxy groups -OCH3 is 2. The second-order valence-electron chi connectivity index (χ2n) is 7.35. The average molecular weight is 347 g/mol. The monoisotopic (exact) mass is 347 g/mol. The predicted molar refractivity (Wildman–Crippen MR) is 95.1 cm³/mol. The summed E-state index contributed by atoms with van der Waals surface area (Å²) in [4.78, 5) is 21.0. The van der Waals surface area contributed by atoms with E-state index in [2.05, 4.69) is 16.0 Å². The van der Waals surface area contributed by atoms with Gasteiger partial charge in [0.25, 0.3) is 0 Å². The number of ether oxygens (including phenoxy) is 2. The second kappa shape index (κ2) is 8.25. The molecular formula is C19H29N3O3. The van der Waals surface area contributed by atoms with Gasteiger partial charge in [-0.05, 0) is 36.8 Å². The molecule has 2 saturated heterocycles. The highest BCUT2D eigenvalue weighted by molar-refractivity contribution is 5.77. The summed E-state index contributed by atoms with van der Waals surface area (Å²) in [6.45, 7) is 4.53. The van der Waals surface area contributed by atoms with E-state index in [4.69, 9.17) is 9.47 Å². The molecule has 6 heteroatoms. The lowest BCUT2D eigenvalue weighted by Gasteiger charge is -2.39. The van der Waals surface area contributed by atoms with Crippen molar-refractivity contribution < 1.29 is 14.3 Å². The molecule has 0 radical (unpaired) electrons. The molecule has 0 aliphatic carbocycles. The Hall–Kier alpha value is -1.50. The van der Waals surface area contributed by atoms with Gasteiger partial charge < -0.3 is 14.4 Å². The number of piperidine rings is 1. The van der Waals surface area contributed by atoms with Gasteiger partial charge in [-0.1, -0.05) is 6.07 Å². The Kier molecular flexibility index (Phi) is 6.04. The minimum atomic E-state index is 0.106. The number of nitrogens with zero attached hydrogens (tertiary/aromatic N) is 3. The SMILES string of the molecule is COCC(=O)N1CCC2(CC1)CC(COC)N(Cc1ccccn1)C2. The highest BCUT2D eigenvalue weighted by Crippen LogP contribution is 2.43. The van der Waals surface area contributed by atoms with Gasteiger partial charge in [0.2, 0.25) is 5.91 Å². The minimum Gasteiger partial charge on any atom is -0.383 e. The quantitative estimate of drug-likeness (QED) is 0.782. The summed E-state index contributed by atoms with van der Waals surface area (Å²) >= 11 is 0. The highest BCUT2D eigenvalue weighted by atomic mass is 16.5. The summed E-state index contributed by atoms with van der Waals surface area (Å²) in [6.07, 6.45) is 5.11. The summed E-state index contributed by atoms with van der Waals surface area (Å²) in [7, 11) is 3.35. The zero-order chi connectivity index (χ0) is 17.7. The minimum absolute atomic E-state index is 0.106. The topological polar surface area (TPSA) is 54.9 Å². The number of aromatic nitrogens is 1. The van der Waals surface area contributed by atoms with Crippen LogP contribution in [-0.4, -0.2) is 73.8 Å².